The zero-order valence-corrected chi connectivity index (χ0v) is 19.0. The highest BCUT2D eigenvalue weighted by molar-refractivity contribution is 7.88. The number of sulfonamides is 1. The molecule has 9 heteroatoms. The van der Waals surface area contributed by atoms with Crippen LogP contribution in [0, 0.1) is 0 Å². The van der Waals surface area contributed by atoms with Gasteiger partial charge in [0.05, 0.1) is 6.26 Å². The second-order valence-corrected chi connectivity index (χ2v) is 10.0. The van der Waals surface area contributed by atoms with E-state index in [1.54, 1.807) is 0 Å². The number of fused-ring (bicyclic) bond motifs is 3. The summed E-state index contributed by atoms with van der Waals surface area (Å²) in [6, 6.07) is 16.0. The van der Waals surface area contributed by atoms with Gasteiger partial charge in [0.15, 0.2) is 0 Å². The number of nitrogens with zero attached hydrogens (tertiary/aromatic N) is 2. The normalized spacial score (nSPS) is 13.0. The fourth-order valence-electron chi connectivity index (χ4n) is 3.89. The monoisotopic (exact) mass is 460 g/mol. The van der Waals surface area contributed by atoms with Crippen molar-refractivity contribution in [1.82, 2.24) is 9.21 Å². The van der Waals surface area contributed by atoms with E-state index in [0.29, 0.717) is 19.4 Å². The Morgan fingerprint density at radius 2 is 1.50 bits per heavy atom. The minimum absolute atomic E-state index is 0.110. The van der Waals surface area contributed by atoms with Gasteiger partial charge in [0, 0.05) is 26.1 Å². The first-order valence-electron chi connectivity index (χ1n) is 10.4. The molecule has 8 nitrogen and oxygen atoms in total. The van der Waals surface area contributed by atoms with Gasteiger partial charge < -0.3 is 9.84 Å². The first-order chi connectivity index (χ1) is 15.2. The second kappa shape index (κ2) is 10.1. The van der Waals surface area contributed by atoms with Crippen molar-refractivity contribution in [2.45, 2.75) is 18.8 Å². The highest BCUT2D eigenvalue weighted by Crippen LogP contribution is 2.44. The molecule has 0 aromatic heterocycles. The highest BCUT2D eigenvalue weighted by Gasteiger charge is 2.30. The maximum atomic E-state index is 12.7. The molecule has 0 bridgehead atoms. The SMILES string of the molecule is CN(CCCCN(CC(=O)O)C(=O)OCC1c2ccccc2-c2ccccc21)S(C)(=O)=O. The molecule has 0 saturated heterocycles. The van der Waals surface area contributed by atoms with Crippen LogP contribution >= 0.6 is 0 Å². The van der Waals surface area contributed by atoms with Crippen LogP contribution in [0.1, 0.15) is 29.9 Å². The summed E-state index contributed by atoms with van der Waals surface area (Å²) in [4.78, 5) is 25.1. The van der Waals surface area contributed by atoms with Crippen LogP contribution in [0.5, 0.6) is 0 Å². The van der Waals surface area contributed by atoms with E-state index in [-0.39, 0.29) is 19.1 Å². The number of carbonyl (C=O) groups is 2. The number of benzene rings is 2. The maximum absolute atomic E-state index is 12.7. The van der Waals surface area contributed by atoms with E-state index in [2.05, 4.69) is 0 Å². The Balaban J connectivity index is 1.61. The van der Waals surface area contributed by atoms with E-state index < -0.39 is 28.6 Å². The van der Waals surface area contributed by atoms with Crippen molar-refractivity contribution in [2.24, 2.45) is 0 Å². The maximum Gasteiger partial charge on any atom is 0.410 e. The highest BCUT2D eigenvalue weighted by atomic mass is 32.2. The van der Waals surface area contributed by atoms with E-state index >= 15 is 0 Å². The third kappa shape index (κ3) is 5.66. The fraction of sp³-hybridized carbons (Fsp3) is 0.391. The lowest BCUT2D eigenvalue weighted by Gasteiger charge is -2.22. The fourth-order valence-corrected chi connectivity index (χ4v) is 4.35. The lowest BCUT2D eigenvalue weighted by molar-refractivity contribution is -0.138. The van der Waals surface area contributed by atoms with Crippen molar-refractivity contribution in [1.29, 1.82) is 0 Å². The molecule has 1 N–H and O–H groups in total. The summed E-state index contributed by atoms with van der Waals surface area (Å²) in [7, 11) is -1.79. The quantitative estimate of drug-likeness (QED) is 0.547. The first kappa shape index (κ1) is 23.7. The molecule has 0 spiro atoms. The van der Waals surface area contributed by atoms with Gasteiger partial charge in [0.1, 0.15) is 13.2 Å². The molecule has 2 aromatic carbocycles. The Bertz CT molecular complexity index is 1040. The molecular weight excluding hydrogens is 432 g/mol. The summed E-state index contributed by atoms with van der Waals surface area (Å²) in [5, 5.41) is 9.19. The van der Waals surface area contributed by atoms with Crippen LogP contribution in [0.15, 0.2) is 48.5 Å². The van der Waals surface area contributed by atoms with Crippen molar-refractivity contribution in [3.8, 4) is 11.1 Å². The molecule has 0 aliphatic heterocycles. The summed E-state index contributed by atoms with van der Waals surface area (Å²) < 4.78 is 29.7. The number of ether oxygens (including phenoxy) is 1. The lowest BCUT2D eigenvalue weighted by Crippen LogP contribution is -2.37. The Morgan fingerprint density at radius 3 is 2.03 bits per heavy atom. The molecule has 32 heavy (non-hydrogen) atoms. The predicted molar refractivity (Wildman–Crippen MR) is 121 cm³/mol. The van der Waals surface area contributed by atoms with Crippen molar-refractivity contribution in [3.63, 3.8) is 0 Å². The van der Waals surface area contributed by atoms with Crippen molar-refractivity contribution in [2.75, 3.05) is 39.5 Å². The lowest BCUT2D eigenvalue weighted by atomic mass is 9.98. The summed E-state index contributed by atoms with van der Waals surface area (Å²) in [6.07, 6.45) is 1.39. The molecule has 1 aliphatic rings. The van der Waals surface area contributed by atoms with E-state index in [0.717, 1.165) is 33.4 Å². The molecule has 0 radical (unpaired) electrons. The van der Waals surface area contributed by atoms with Crippen LogP contribution in [0.4, 0.5) is 4.79 Å². The third-order valence-corrected chi connectivity index (χ3v) is 6.95. The van der Waals surface area contributed by atoms with E-state index in [4.69, 9.17) is 4.74 Å². The molecule has 0 atom stereocenters. The van der Waals surface area contributed by atoms with Gasteiger partial charge >= 0.3 is 12.1 Å². The Labute approximate surface area is 188 Å². The number of hydrogen-bond acceptors (Lipinski definition) is 5. The van der Waals surface area contributed by atoms with Gasteiger partial charge in [-0.15, -0.1) is 0 Å². The molecule has 2 aromatic rings. The largest absolute Gasteiger partial charge is 0.480 e. The number of carbonyl (C=O) groups excluding carboxylic acids is 1. The van der Waals surface area contributed by atoms with Gasteiger partial charge in [-0.1, -0.05) is 48.5 Å². The van der Waals surface area contributed by atoms with Crippen LogP contribution in [-0.2, 0) is 19.6 Å². The Kier molecular flexibility index (Phi) is 7.52. The van der Waals surface area contributed by atoms with Crippen LogP contribution in [0.2, 0.25) is 0 Å². The summed E-state index contributed by atoms with van der Waals surface area (Å²) in [6.45, 7) is 0.101. The number of carboxylic acids is 1. The number of amides is 1. The number of rotatable bonds is 10. The topological polar surface area (TPSA) is 104 Å². The van der Waals surface area contributed by atoms with E-state index in [1.165, 1.54) is 11.4 Å². The Morgan fingerprint density at radius 1 is 0.969 bits per heavy atom. The Hall–Kier alpha value is -2.91. The first-order valence-corrected chi connectivity index (χ1v) is 12.3. The average molecular weight is 461 g/mol. The van der Waals surface area contributed by atoms with Gasteiger partial charge in [-0.3, -0.25) is 9.69 Å². The van der Waals surface area contributed by atoms with Gasteiger partial charge in [0.25, 0.3) is 0 Å². The number of unbranched alkanes of at least 4 members (excludes halogenated alkanes) is 1. The molecular formula is C23H28N2O6S. The molecule has 172 valence electrons. The minimum atomic E-state index is -3.27. The average Bonchev–Trinajstić information content (AvgIpc) is 3.07. The van der Waals surface area contributed by atoms with Crippen LogP contribution in [0.3, 0.4) is 0 Å². The summed E-state index contributed by atoms with van der Waals surface area (Å²) in [5.74, 6) is -1.24. The predicted octanol–water partition coefficient (Wildman–Crippen LogP) is 2.99. The number of hydrogen-bond donors (Lipinski definition) is 1. The van der Waals surface area contributed by atoms with Crippen molar-refractivity contribution < 1.29 is 27.9 Å². The molecule has 0 saturated carbocycles. The molecule has 1 amide bonds. The zero-order valence-electron chi connectivity index (χ0n) is 18.2. The van der Waals surface area contributed by atoms with Crippen molar-refractivity contribution >= 4 is 22.1 Å². The zero-order chi connectivity index (χ0) is 23.3. The molecule has 3 rings (SSSR count). The standard InChI is InChI=1S/C23H28N2O6S/c1-24(32(2,29)30)13-7-8-14-25(15-22(26)27)23(28)31-16-21-19-11-5-3-9-17(19)18-10-4-6-12-20(18)21/h3-6,9-12,21H,7-8,13-16H2,1-2H3,(H,26,27). The van der Waals surface area contributed by atoms with Crippen LogP contribution in [0.25, 0.3) is 11.1 Å². The number of aliphatic carboxylic acids is 1. The molecule has 1 aliphatic carbocycles. The number of carboxylic acid groups (broad SMARTS) is 1. The smallest absolute Gasteiger partial charge is 0.410 e. The van der Waals surface area contributed by atoms with Crippen LogP contribution < -0.4 is 0 Å². The molecule has 0 unspecified atom stereocenters. The second-order valence-electron chi connectivity index (χ2n) is 7.91. The van der Waals surface area contributed by atoms with Crippen LogP contribution in [-0.4, -0.2) is 74.3 Å². The molecule has 0 heterocycles. The summed E-state index contributed by atoms with van der Waals surface area (Å²) >= 11 is 0. The van der Waals surface area contributed by atoms with Crippen molar-refractivity contribution in [3.05, 3.63) is 59.7 Å². The van der Waals surface area contributed by atoms with Gasteiger partial charge in [0.2, 0.25) is 10.0 Å². The minimum Gasteiger partial charge on any atom is -0.480 e. The third-order valence-electron chi connectivity index (χ3n) is 5.64. The van der Waals surface area contributed by atoms with Gasteiger partial charge in [-0.05, 0) is 35.1 Å². The van der Waals surface area contributed by atoms with Gasteiger partial charge in [-0.2, -0.15) is 0 Å². The van der Waals surface area contributed by atoms with Gasteiger partial charge in [-0.25, -0.2) is 17.5 Å². The summed E-state index contributed by atoms with van der Waals surface area (Å²) in [5.41, 5.74) is 4.38. The van der Waals surface area contributed by atoms with E-state index in [1.807, 2.05) is 48.5 Å². The van der Waals surface area contributed by atoms with E-state index in [9.17, 15) is 23.1 Å². The molecule has 0 fully saturated rings.